The van der Waals surface area contributed by atoms with Gasteiger partial charge in [-0.05, 0) is 12.8 Å². The molecule has 7 nitrogen and oxygen atoms in total. The third-order valence-corrected chi connectivity index (χ3v) is 2.72. The summed E-state index contributed by atoms with van der Waals surface area (Å²) in [5.41, 5.74) is 5.52. The van der Waals surface area contributed by atoms with Gasteiger partial charge in [0.05, 0.1) is 32.0 Å². The Morgan fingerprint density at radius 1 is 1.39 bits per heavy atom. The molecule has 1 aliphatic rings. The highest BCUT2D eigenvalue weighted by atomic mass is 16.6. The third-order valence-electron chi connectivity index (χ3n) is 2.72. The van der Waals surface area contributed by atoms with E-state index in [9.17, 15) is 0 Å². The molecule has 1 saturated heterocycles. The molecule has 0 aliphatic carbocycles. The molecule has 3 N–H and O–H groups in total. The van der Waals surface area contributed by atoms with Gasteiger partial charge in [0.2, 0.25) is 17.7 Å². The Kier molecular flexibility index (Phi) is 4.16. The van der Waals surface area contributed by atoms with Crippen LogP contribution in [0.3, 0.4) is 0 Å². The van der Waals surface area contributed by atoms with E-state index in [1.165, 1.54) is 7.11 Å². The van der Waals surface area contributed by atoms with Crippen molar-refractivity contribution in [3.8, 4) is 11.8 Å². The first-order valence-electron chi connectivity index (χ1n) is 5.79. The number of aliphatic hydroxyl groups is 1. The Bertz CT molecular complexity index is 402. The topological polar surface area (TPSA) is 99.7 Å². The van der Waals surface area contributed by atoms with Crippen molar-refractivity contribution in [3.63, 3.8) is 0 Å². The fourth-order valence-electron chi connectivity index (χ4n) is 1.81. The molecule has 0 aromatic carbocycles. The third kappa shape index (κ3) is 3.21. The van der Waals surface area contributed by atoms with Gasteiger partial charge in [0.25, 0.3) is 0 Å². The number of anilines is 1. The summed E-state index contributed by atoms with van der Waals surface area (Å²) < 4.78 is 16.0. The van der Waals surface area contributed by atoms with Crippen LogP contribution in [-0.4, -0.2) is 47.6 Å². The summed E-state index contributed by atoms with van der Waals surface area (Å²) in [4.78, 5) is 7.80. The number of nitrogens with zero attached hydrogens (tertiary/aromatic N) is 2. The minimum Gasteiger partial charge on any atom is -0.481 e. The van der Waals surface area contributed by atoms with Crippen molar-refractivity contribution in [2.24, 2.45) is 0 Å². The average molecular weight is 255 g/mol. The molecule has 100 valence electrons. The second-order valence-corrected chi connectivity index (χ2v) is 4.06. The van der Waals surface area contributed by atoms with E-state index in [0.29, 0.717) is 18.4 Å². The Balaban J connectivity index is 1.88. The smallest absolute Gasteiger partial charge is 0.226 e. The molecule has 1 aromatic rings. The highest BCUT2D eigenvalue weighted by molar-refractivity contribution is 5.29. The first kappa shape index (κ1) is 12.8. The molecule has 0 unspecified atom stereocenters. The number of aromatic nitrogens is 2. The molecule has 2 rings (SSSR count). The van der Waals surface area contributed by atoms with Crippen molar-refractivity contribution in [1.82, 2.24) is 9.97 Å². The standard InChI is InChI=1S/C11H17N3O4/c1-16-9-4-10(14-11(12)13-9)17-6-8-3-2-7(5-15)18-8/h4,7-8,15H,2-3,5-6H2,1H3,(H2,12,13,14)/t7-,8+/m0/s1. The molecule has 0 spiro atoms. The largest absolute Gasteiger partial charge is 0.481 e. The Hall–Kier alpha value is -1.60. The van der Waals surface area contributed by atoms with Gasteiger partial charge in [0, 0.05) is 0 Å². The zero-order valence-corrected chi connectivity index (χ0v) is 10.2. The van der Waals surface area contributed by atoms with Gasteiger partial charge in [-0.3, -0.25) is 0 Å². The maximum Gasteiger partial charge on any atom is 0.226 e. The van der Waals surface area contributed by atoms with Crippen LogP contribution in [0.4, 0.5) is 5.95 Å². The predicted molar refractivity (Wildman–Crippen MR) is 63.5 cm³/mol. The molecule has 2 atom stereocenters. The minimum atomic E-state index is -0.0800. The van der Waals surface area contributed by atoms with Gasteiger partial charge in [-0.15, -0.1) is 0 Å². The van der Waals surface area contributed by atoms with Crippen molar-refractivity contribution in [1.29, 1.82) is 0 Å². The maximum absolute atomic E-state index is 8.95. The van der Waals surface area contributed by atoms with Crippen LogP contribution >= 0.6 is 0 Å². The van der Waals surface area contributed by atoms with Crippen LogP contribution in [0.15, 0.2) is 6.07 Å². The normalized spacial score (nSPS) is 23.0. The Morgan fingerprint density at radius 3 is 2.78 bits per heavy atom. The predicted octanol–water partition coefficient (Wildman–Crippen LogP) is -0.0139. The van der Waals surface area contributed by atoms with Crippen molar-refractivity contribution < 1.29 is 19.3 Å². The van der Waals surface area contributed by atoms with E-state index >= 15 is 0 Å². The number of ether oxygens (including phenoxy) is 3. The van der Waals surface area contributed by atoms with E-state index in [1.807, 2.05) is 0 Å². The lowest BCUT2D eigenvalue weighted by atomic mass is 10.2. The van der Waals surface area contributed by atoms with E-state index in [2.05, 4.69) is 9.97 Å². The minimum absolute atomic E-state index is 0.0238. The number of aliphatic hydroxyl groups excluding tert-OH is 1. The van der Waals surface area contributed by atoms with E-state index in [4.69, 9.17) is 25.1 Å². The molecule has 1 aliphatic heterocycles. The fraction of sp³-hybridized carbons (Fsp3) is 0.636. The molecule has 2 heterocycles. The van der Waals surface area contributed by atoms with E-state index in [-0.39, 0.29) is 24.8 Å². The molecular formula is C11H17N3O4. The molecule has 1 aromatic heterocycles. The summed E-state index contributed by atoms with van der Waals surface area (Å²) in [7, 11) is 1.50. The van der Waals surface area contributed by atoms with Gasteiger partial charge < -0.3 is 25.1 Å². The first-order chi connectivity index (χ1) is 8.71. The molecule has 0 bridgehead atoms. The van der Waals surface area contributed by atoms with E-state index in [0.717, 1.165) is 12.8 Å². The number of rotatable bonds is 5. The fourth-order valence-corrected chi connectivity index (χ4v) is 1.81. The second kappa shape index (κ2) is 5.83. The number of nitrogen functional groups attached to an aromatic ring is 1. The molecule has 0 amide bonds. The summed E-state index contributed by atoms with van der Waals surface area (Å²) in [5.74, 6) is 0.818. The van der Waals surface area contributed by atoms with Crippen LogP contribution in [0, 0.1) is 0 Å². The lowest BCUT2D eigenvalue weighted by Crippen LogP contribution is -2.20. The van der Waals surface area contributed by atoms with Crippen LogP contribution in [0.5, 0.6) is 11.8 Å². The van der Waals surface area contributed by atoms with Gasteiger partial charge in [-0.2, -0.15) is 9.97 Å². The van der Waals surface area contributed by atoms with Crippen LogP contribution in [0.25, 0.3) is 0 Å². The number of nitrogens with two attached hydrogens (primary N) is 1. The second-order valence-electron chi connectivity index (χ2n) is 4.06. The molecule has 1 fully saturated rings. The van der Waals surface area contributed by atoms with Gasteiger partial charge >= 0.3 is 0 Å². The van der Waals surface area contributed by atoms with Gasteiger partial charge in [-0.25, -0.2) is 0 Å². The van der Waals surface area contributed by atoms with Gasteiger partial charge in [0.1, 0.15) is 6.61 Å². The molecule has 0 saturated carbocycles. The summed E-state index contributed by atoms with van der Waals surface area (Å²) in [5, 5.41) is 8.95. The van der Waals surface area contributed by atoms with Crippen molar-refractivity contribution >= 4 is 5.95 Å². The van der Waals surface area contributed by atoms with Crippen LogP contribution in [0.1, 0.15) is 12.8 Å². The van der Waals surface area contributed by atoms with Crippen molar-refractivity contribution in [2.75, 3.05) is 26.1 Å². The van der Waals surface area contributed by atoms with E-state index < -0.39 is 0 Å². The quantitative estimate of drug-likeness (QED) is 0.763. The highest BCUT2D eigenvalue weighted by Crippen LogP contribution is 2.21. The lowest BCUT2D eigenvalue weighted by Gasteiger charge is -2.13. The zero-order chi connectivity index (χ0) is 13.0. The number of hydrogen-bond donors (Lipinski definition) is 2. The van der Waals surface area contributed by atoms with Gasteiger partial charge in [0.15, 0.2) is 0 Å². The number of methoxy groups -OCH3 is 1. The molecule has 18 heavy (non-hydrogen) atoms. The van der Waals surface area contributed by atoms with Crippen molar-refractivity contribution in [2.45, 2.75) is 25.0 Å². The summed E-state index contributed by atoms with van der Waals surface area (Å²) in [6.45, 7) is 0.418. The van der Waals surface area contributed by atoms with Crippen LogP contribution in [0.2, 0.25) is 0 Å². The van der Waals surface area contributed by atoms with Crippen molar-refractivity contribution in [3.05, 3.63) is 6.07 Å². The molecule has 7 heteroatoms. The molecule has 0 radical (unpaired) electrons. The van der Waals surface area contributed by atoms with Gasteiger partial charge in [-0.1, -0.05) is 0 Å². The monoisotopic (exact) mass is 255 g/mol. The molecular weight excluding hydrogens is 238 g/mol. The maximum atomic E-state index is 8.95. The van der Waals surface area contributed by atoms with Crippen LogP contribution < -0.4 is 15.2 Å². The average Bonchev–Trinajstić information content (AvgIpc) is 2.83. The first-order valence-corrected chi connectivity index (χ1v) is 5.79. The SMILES string of the molecule is COc1cc(OC[C@H]2CC[C@@H](CO)O2)nc(N)n1. The highest BCUT2D eigenvalue weighted by Gasteiger charge is 2.25. The summed E-state index contributed by atoms with van der Waals surface area (Å²) in [6, 6.07) is 1.56. The number of hydrogen-bond acceptors (Lipinski definition) is 7. The van der Waals surface area contributed by atoms with Crippen LogP contribution in [-0.2, 0) is 4.74 Å². The van der Waals surface area contributed by atoms with E-state index in [1.54, 1.807) is 6.07 Å². The summed E-state index contributed by atoms with van der Waals surface area (Å²) >= 11 is 0. The lowest BCUT2D eigenvalue weighted by molar-refractivity contribution is -0.00791. The Labute approximate surface area is 105 Å². The zero-order valence-electron chi connectivity index (χ0n) is 10.2. The summed E-state index contributed by atoms with van der Waals surface area (Å²) in [6.07, 6.45) is 1.61. The Morgan fingerprint density at radius 2 is 2.11 bits per heavy atom.